The lowest BCUT2D eigenvalue weighted by Crippen LogP contribution is -2.08. The Morgan fingerprint density at radius 1 is 1.17 bits per heavy atom. The first-order valence-corrected chi connectivity index (χ1v) is 8.10. The maximum atomic E-state index is 4.67. The van der Waals surface area contributed by atoms with Gasteiger partial charge in [0.1, 0.15) is 5.82 Å². The Bertz CT molecular complexity index is 341. The fourth-order valence-corrected chi connectivity index (χ4v) is 3.13. The van der Waals surface area contributed by atoms with E-state index in [-0.39, 0.29) is 0 Å². The molecule has 4 heteroatoms. The van der Waals surface area contributed by atoms with Crippen LogP contribution in [0.4, 0.5) is 5.13 Å². The highest BCUT2D eigenvalue weighted by Crippen LogP contribution is 2.30. The summed E-state index contributed by atoms with van der Waals surface area (Å²) in [6, 6.07) is 0. The van der Waals surface area contributed by atoms with Gasteiger partial charge in [-0.25, -0.2) is 4.98 Å². The van der Waals surface area contributed by atoms with Crippen LogP contribution >= 0.6 is 11.5 Å². The van der Waals surface area contributed by atoms with Gasteiger partial charge in [0.05, 0.1) is 0 Å². The first-order chi connectivity index (χ1) is 8.75. The number of nitrogens with one attached hydrogen (secondary N) is 1. The predicted molar refractivity (Wildman–Crippen MR) is 78.3 cm³/mol. The van der Waals surface area contributed by atoms with Crippen LogP contribution < -0.4 is 5.32 Å². The zero-order chi connectivity index (χ0) is 12.8. The van der Waals surface area contributed by atoms with Gasteiger partial charge < -0.3 is 5.32 Å². The largest absolute Gasteiger partial charge is 0.360 e. The van der Waals surface area contributed by atoms with Crippen molar-refractivity contribution >= 4 is 16.7 Å². The Morgan fingerprint density at radius 3 is 2.50 bits per heavy atom. The van der Waals surface area contributed by atoms with Gasteiger partial charge in [0.25, 0.3) is 0 Å². The van der Waals surface area contributed by atoms with E-state index in [1.807, 2.05) is 0 Å². The van der Waals surface area contributed by atoms with Gasteiger partial charge in [-0.05, 0) is 18.8 Å². The van der Waals surface area contributed by atoms with Crippen molar-refractivity contribution in [3.63, 3.8) is 0 Å². The molecule has 1 aliphatic carbocycles. The average molecular weight is 267 g/mol. The lowest BCUT2D eigenvalue weighted by atomic mass is 9.91. The monoisotopic (exact) mass is 267 g/mol. The molecule has 1 saturated carbocycles. The molecule has 0 aliphatic heterocycles. The highest BCUT2D eigenvalue weighted by atomic mass is 32.1. The van der Waals surface area contributed by atoms with E-state index >= 15 is 0 Å². The lowest BCUT2D eigenvalue weighted by molar-refractivity contribution is 0.445. The fourth-order valence-electron chi connectivity index (χ4n) is 2.48. The van der Waals surface area contributed by atoms with E-state index in [0.29, 0.717) is 11.8 Å². The summed E-state index contributed by atoms with van der Waals surface area (Å²) in [7, 11) is 0. The van der Waals surface area contributed by atoms with Crippen LogP contribution in [0.25, 0.3) is 0 Å². The molecule has 0 unspecified atom stereocenters. The molecule has 2 rings (SSSR count). The molecule has 0 radical (unpaired) electrons. The van der Waals surface area contributed by atoms with Crippen molar-refractivity contribution in [3.05, 3.63) is 5.82 Å². The standard InChI is InChI=1S/C14H25N3S/c1-11(2)10-15-14-16-13(17-18-14)12-8-6-4-3-5-7-9-12/h11-12H,3-10H2,1-2H3,(H,15,16,17). The summed E-state index contributed by atoms with van der Waals surface area (Å²) in [5.74, 6) is 2.35. The first kappa shape index (κ1) is 13.8. The molecule has 1 aromatic heterocycles. The number of rotatable bonds is 4. The van der Waals surface area contributed by atoms with Gasteiger partial charge in [-0.15, -0.1) is 0 Å². The van der Waals surface area contributed by atoms with Crippen LogP contribution in [-0.4, -0.2) is 15.9 Å². The molecule has 1 aromatic rings. The Hall–Kier alpha value is -0.640. The molecule has 18 heavy (non-hydrogen) atoms. The molecular formula is C14H25N3S. The zero-order valence-electron chi connectivity index (χ0n) is 11.6. The minimum atomic E-state index is 0.608. The minimum absolute atomic E-state index is 0.608. The van der Waals surface area contributed by atoms with Gasteiger partial charge in [-0.1, -0.05) is 46.0 Å². The van der Waals surface area contributed by atoms with Crippen LogP contribution in [0, 0.1) is 5.92 Å². The maximum absolute atomic E-state index is 4.67. The second kappa shape index (κ2) is 7.07. The Morgan fingerprint density at radius 2 is 1.83 bits per heavy atom. The van der Waals surface area contributed by atoms with Crippen molar-refractivity contribution in [2.24, 2.45) is 5.92 Å². The van der Waals surface area contributed by atoms with Crippen LogP contribution in [0.3, 0.4) is 0 Å². The maximum Gasteiger partial charge on any atom is 0.202 e. The molecule has 3 nitrogen and oxygen atoms in total. The second-order valence-electron chi connectivity index (χ2n) is 5.77. The average Bonchev–Trinajstić information content (AvgIpc) is 2.74. The first-order valence-electron chi connectivity index (χ1n) is 7.33. The third kappa shape index (κ3) is 4.23. The molecule has 1 N–H and O–H groups in total. The Labute approximate surface area is 115 Å². The molecule has 0 amide bonds. The summed E-state index contributed by atoms with van der Waals surface area (Å²) >= 11 is 1.52. The molecule has 1 aliphatic rings. The molecule has 0 atom stereocenters. The van der Waals surface area contributed by atoms with Crippen LogP contribution in [0.1, 0.15) is 70.5 Å². The van der Waals surface area contributed by atoms with Crippen molar-refractivity contribution < 1.29 is 0 Å². The van der Waals surface area contributed by atoms with Crippen LogP contribution in [0.5, 0.6) is 0 Å². The third-order valence-corrected chi connectivity index (χ3v) is 4.26. The predicted octanol–water partition coefficient (Wildman–Crippen LogP) is 4.43. The van der Waals surface area contributed by atoms with Gasteiger partial charge in [0.15, 0.2) is 0 Å². The third-order valence-electron chi connectivity index (χ3n) is 3.57. The van der Waals surface area contributed by atoms with Crippen LogP contribution in [0.2, 0.25) is 0 Å². The van der Waals surface area contributed by atoms with Gasteiger partial charge in [0, 0.05) is 24.0 Å². The van der Waals surface area contributed by atoms with E-state index in [0.717, 1.165) is 17.5 Å². The quantitative estimate of drug-likeness (QED) is 0.876. The fraction of sp³-hybridized carbons (Fsp3) is 0.857. The van der Waals surface area contributed by atoms with Gasteiger partial charge in [-0.2, -0.15) is 4.37 Å². The summed E-state index contributed by atoms with van der Waals surface area (Å²) in [6.45, 7) is 5.41. The van der Waals surface area contributed by atoms with Gasteiger partial charge >= 0.3 is 0 Å². The minimum Gasteiger partial charge on any atom is -0.360 e. The summed E-state index contributed by atoms with van der Waals surface area (Å²) < 4.78 is 4.56. The molecule has 0 aromatic carbocycles. The van der Waals surface area contributed by atoms with E-state index in [4.69, 9.17) is 0 Å². The Kier molecular flexibility index (Phi) is 5.42. The lowest BCUT2D eigenvalue weighted by Gasteiger charge is -2.16. The molecule has 102 valence electrons. The van der Waals surface area contributed by atoms with Crippen molar-refractivity contribution in [2.75, 3.05) is 11.9 Å². The second-order valence-corrected chi connectivity index (χ2v) is 6.53. The van der Waals surface area contributed by atoms with E-state index < -0.39 is 0 Å². The van der Waals surface area contributed by atoms with E-state index in [9.17, 15) is 0 Å². The molecular weight excluding hydrogens is 242 g/mol. The zero-order valence-corrected chi connectivity index (χ0v) is 12.4. The molecule has 1 heterocycles. The summed E-state index contributed by atoms with van der Waals surface area (Å²) in [5.41, 5.74) is 0. The van der Waals surface area contributed by atoms with Gasteiger partial charge in [-0.3, -0.25) is 0 Å². The summed E-state index contributed by atoms with van der Waals surface area (Å²) in [5, 5.41) is 4.38. The topological polar surface area (TPSA) is 37.8 Å². The number of anilines is 1. The van der Waals surface area contributed by atoms with Crippen molar-refractivity contribution in [3.8, 4) is 0 Å². The highest BCUT2D eigenvalue weighted by Gasteiger charge is 2.18. The summed E-state index contributed by atoms with van der Waals surface area (Å²) in [4.78, 5) is 4.67. The number of hydrogen-bond acceptors (Lipinski definition) is 4. The molecule has 0 saturated heterocycles. The van der Waals surface area contributed by atoms with Crippen molar-refractivity contribution in [1.82, 2.24) is 9.36 Å². The van der Waals surface area contributed by atoms with E-state index in [2.05, 4.69) is 28.5 Å². The summed E-state index contributed by atoms with van der Waals surface area (Å²) in [6.07, 6.45) is 9.44. The smallest absolute Gasteiger partial charge is 0.202 e. The molecule has 0 spiro atoms. The van der Waals surface area contributed by atoms with Crippen LogP contribution in [-0.2, 0) is 0 Å². The molecule has 0 bridgehead atoms. The number of hydrogen-bond donors (Lipinski definition) is 1. The van der Waals surface area contributed by atoms with E-state index in [1.165, 1.54) is 56.5 Å². The van der Waals surface area contributed by atoms with Crippen molar-refractivity contribution in [2.45, 2.75) is 64.7 Å². The van der Waals surface area contributed by atoms with Crippen LogP contribution in [0.15, 0.2) is 0 Å². The van der Waals surface area contributed by atoms with E-state index in [1.54, 1.807) is 0 Å². The Balaban J connectivity index is 1.90. The highest BCUT2D eigenvalue weighted by molar-refractivity contribution is 7.09. The van der Waals surface area contributed by atoms with Crippen molar-refractivity contribution in [1.29, 1.82) is 0 Å². The molecule has 1 fully saturated rings. The normalized spacial score (nSPS) is 18.6. The number of aromatic nitrogens is 2. The SMILES string of the molecule is CC(C)CNc1nc(C2CCCCCCC2)ns1. The number of nitrogens with zero attached hydrogens (tertiary/aromatic N) is 2. The van der Waals surface area contributed by atoms with Gasteiger partial charge in [0.2, 0.25) is 5.13 Å².